The van der Waals surface area contributed by atoms with Crippen LogP contribution in [0.25, 0.3) is 10.9 Å². The minimum atomic E-state index is 0.133. The quantitative estimate of drug-likeness (QED) is 0.693. The number of nitrogens with one attached hydrogen (secondary N) is 1. The highest BCUT2D eigenvalue weighted by Gasteiger charge is 2.24. The molecule has 2 aliphatic rings. The van der Waals surface area contributed by atoms with Crippen molar-refractivity contribution in [2.24, 2.45) is 0 Å². The van der Waals surface area contributed by atoms with E-state index in [1.807, 2.05) is 24.0 Å². The summed E-state index contributed by atoms with van der Waals surface area (Å²) in [6.07, 6.45) is 4.72. The van der Waals surface area contributed by atoms with Gasteiger partial charge in [-0.05, 0) is 56.4 Å². The Labute approximate surface area is 183 Å². The largest absolute Gasteiger partial charge is 0.358 e. The molecule has 0 atom stereocenters. The Morgan fingerprint density at radius 2 is 1.81 bits per heavy atom. The van der Waals surface area contributed by atoms with Crippen LogP contribution < -0.4 is 4.90 Å². The van der Waals surface area contributed by atoms with Crippen LogP contribution in [0.4, 0.5) is 5.82 Å². The molecule has 162 valence electrons. The maximum atomic E-state index is 13.2. The van der Waals surface area contributed by atoms with Gasteiger partial charge in [0.2, 0.25) is 0 Å². The Morgan fingerprint density at radius 1 is 1.03 bits per heavy atom. The molecule has 1 aliphatic carbocycles. The highest BCUT2D eigenvalue weighted by Crippen LogP contribution is 2.30. The second-order valence-corrected chi connectivity index (χ2v) is 9.21. The Morgan fingerprint density at radius 3 is 2.58 bits per heavy atom. The summed E-state index contributed by atoms with van der Waals surface area (Å²) in [5.74, 6) is 2.30. The number of hydrogen-bond acceptors (Lipinski definition) is 4. The standard InChI is InChI=1S/C25H31N5O/c1-16(2)24-26-17(3)14-23(28-24)29-10-12-30(13-11-29)25(31)18-8-9-22-20(15-18)19-6-4-5-7-21(19)27-22/h8-9,14-16,27H,4-7,10-13H2,1-3H3. The number of piperazine rings is 1. The van der Waals surface area contributed by atoms with Crippen molar-refractivity contribution >= 4 is 22.6 Å². The monoisotopic (exact) mass is 417 g/mol. The first-order valence-corrected chi connectivity index (χ1v) is 11.5. The summed E-state index contributed by atoms with van der Waals surface area (Å²) in [6, 6.07) is 8.20. The molecule has 0 bridgehead atoms. The van der Waals surface area contributed by atoms with Crippen LogP contribution in [0.3, 0.4) is 0 Å². The lowest BCUT2D eigenvalue weighted by atomic mass is 9.95. The number of hydrogen-bond donors (Lipinski definition) is 1. The molecule has 6 nitrogen and oxygen atoms in total. The van der Waals surface area contributed by atoms with Gasteiger partial charge in [-0.3, -0.25) is 4.79 Å². The second-order valence-electron chi connectivity index (χ2n) is 9.21. The van der Waals surface area contributed by atoms with Crippen molar-refractivity contribution in [1.29, 1.82) is 0 Å². The number of nitrogens with zero attached hydrogens (tertiary/aromatic N) is 4. The number of carbonyl (C=O) groups excluding carboxylic acids is 1. The number of benzene rings is 1. The van der Waals surface area contributed by atoms with Gasteiger partial charge in [-0.2, -0.15) is 0 Å². The molecule has 6 heteroatoms. The smallest absolute Gasteiger partial charge is 0.253 e. The first-order valence-electron chi connectivity index (χ1n) is 11.5. The molecule has 2 aromatic heterocycles. The molecule has 1 fully saturated rings. The predicted molar refractivity (Wildman–Crippen MR) is 124 cm³/mol. The number of H-pyrrole nitrogens is 1. The summed E-state index contributed by atoms with van der Waals surface area (Å²) >= 11 is 0. The van der Waals surface area contributed by atoms with E-state index < -0.39 is 0 Å². The van der Waals surface area contributed by atoms with Gasteiger partial charge in [0.25, 0.3) is 5.91 Å². The molecule has 0 radical (unpaired) electrons. The van der Waals surface area contributed by atoms with Gasteiger partial charge < -0.3 is 14.8 Å². The van der Waals surface area contributed by atoms with E-state index >= 15 is 0 Å². The van der Waals surface area contributed by atoms with Crippen LogP contribution in [-0.2, 0) is 12.8 Å². The van der Waals surface area contributed by atoms with Gasteiger partial charge in [0, 0.05) is 66.0 Å². The lowest BCUT2D eigenvalue weighted by Crippen LogP contribution is -2.49. The number of aromatic amines is 1. The Bertz CT molecular complexity index is 1120. The molecule has 1 amide bonds. The molecule has 5 rings (SSSR count). The Balaban J connectivity index is 1.31. The number of amides is 1. The zero-order chi connectivity index (χ0) is 21.5. The molecule has 1 aromatic carbocycles. The number of anilines is 1. The van der Waals surface area contributed by atoms with E-state index in [4.69, 9.17) is 4.98 Å². The van der Waals surface area contributed by atoms with Crippen LogP contribution in [0.15, 0.2) is 24.3 Å². The molecule has 31 heavy (non-hydrogen) atoms. The van der Waals surface area contributed by atoms with E-state index in [1.165, 1.54) is 29.5 Å². The van der Waals surface area contributed by atoms with E-state index in [9.17, 15) is 4.79 Å². The SMILES string of the molecule is Cc1cc(N2CCN(C(=O)c3ccc4[nH]c5c(c4c3)CCCC5)CC2)nc(C(C)C)n1. The maximum absolute atomic E-state index is 13.2. The molecule has 1 saturated heterocycles. The lowest BCUT2D eigenvalue weighted by Gasteiger charge is -2.35. The van der Waals surface area contributed by atoms with Crippen molar-refractivity contribution in [3.63, 3.8) is 0 Å². The molecule has 3 aromatic rings. The fourth-order valence-corrected chi connectivity index (χ4v) is 4.85. The van der Waals surface area contributed by atoms with E-state index in [0.717, 1.165) is 54.3 Å². The van der Waals surface area contributed by atoms with Crippen molar-refractivity contribution in [2.45, 2.75) is 52.4 Å². The van der Waals surface area contributed by atoms with Crippen LogP contribution in [0, 0.1) is 6.92 Å². The summed E-state index contributed by atoms with van der Waals surface area (Å²) in [4.78, 5) is 30.4. The summed E-state index contributed by atoms with van der Waals surface area (Å²) in [7, 11) is 0. The van der Waals surface area contributed by atoms with Crippen LogP contribution >= 0.6 is 0 Å². The van der Waals surface area contributed by atoms with Crippen LogP contribution in [0.5, 0.6) is 0 Å². The number of aryl methyl sites for hydroxylation is 3. The van der Waals surface area contributed by atoms with E-state index in [2.05, 4.69) is 40.8 Å². The third kappa shape index (κ3) is 3.80. The van der Waals surface area contributed by atoms with Crippen LogP contribution in [-0.4, -0.2) is 51.9 Å². The average molecular weight is 418 g/mol. The minimum Gasteiger partial charge on any atom is -0.358 e. The molecule has 1 N–H and O–H groups in total. The minimum absolute atomic E-state index is 0.133. The number of carbonyl (C=O) groups is 1. The normalized spacial score (nSPS) is 16.8. The molecular formula is C25H31N5O. The van der Waals surface area contributed by atoms with Crippen molar-refractivity contribution in [3.8, 4) is 0 Å². The van der Waals surface area contributed by atoms with Crippen molar-refractivity contribution in [2.75, 3.05) is 31.1 Å². The Hall–Kier alpha value is -2.89. The summed E-state index contributed by atoms with van der Waals surface area (Å²) < 4.78 is 0. The van der Waals surface area contributed by atoms with Crippen molar-refractivity contribution in [1.82, 2.24) is 19.9 Å². The average Bonchev–Trinajstić information content (AvgIpc) is 3.16. The number of rotatable bonds is 3. The highest BCUT2D eigenvalue weighted by molar-refractivity contribution is 5.99. The molecule has 0 saturated carbocycles. The third-order valence-electron chi connectivity index (χ3n) is 6.61. The summed E-state index contributed by atoms with van der Waals surface area (Å²) in [5.41, 5.74) is 5.73. The van der Waals surface area contributed by atoms with Gasteiger partial charge in [-0.1, -0.05) is 13.8 Å². The number of fused-ring (bicyclic) bond motifs is 3. The first-order chi connectivity index (χ1) is 15.0. The van der Waals surface area contributed by atoms with E-state index in [1.54, 1.807) is 0 Å². The van der Waals surface area contributed by atoms with Crippen molar-refractivity contribution < 1.29 is 4.79 Å². The van der Waals surface area contributed by atoms with Gasteiger partial charge >= 0.3 is 0 Å². The maximum Gasteiger partial charge on any atom is 0.253 e. The lowest BCUT2D eigenvalue weighted by molar-refractivity contribution is 0.0746. The molecular weight excluding hydrogens is 386 g/mol. The highest BCUT2D eigenvalue weighted by atomic mass is 16.2. The Kier molecular flexibility index (Phi) is 5.16. The first kappa shape index (κ1) is 20.0. The second kappa shape index (κ2) is 7.98. The van der Waals surface area contributed by atoms with Gasteiger partial charge in [0.1, 0.15) is 11.6 Å². The predicted octanol–water partition coefficient (Wildman–Crippen LogP) is 4.23. The van der Waals surface area contributed by atoms with E-state index in [-0.39, 0.29) is 5.91 Å². The topological polar surface area (TPSA) is 65.1 Å². The molecule has 3 heterocycles. The van der Waals surface area contributed by atoms with Crippen molar-refractivity contribution in [3.05, 3.63) is 52.6 Å². The number of aromatic nitrogens is 3. The zero-order valence-electron chi connectivity index (χ0n) is 18.7. The van der Waals surface area contributed by atoms with Gasteiger partial charge in [0.05, 0.1) is 0 Å². The van der Waals surface area contributed by atoms with Gasteiger partial charge in [-0.25, -0.2) is 9.97 Å². The summed E-state index contributed by atoms with van der Waals surface area (Å²) in [6.45, 7) is 9.27. The zero-order valence-corrected chi connectivity index (χ0v) is 18.7. The fourth-order valence-electron chi connectivity index (χ4n) is 4.85. The van der Waals surface area contributed by atoms with E-state index in [0.29, 0.717) is 19.0 Å². The van der Waals surface area contributed by atoms with Gasteiger partial charge in [-0.15, -0.1) is 0 Å². The fraction of sp³-hybridized carbons (Fsp3) is 0.480. The molecule has 0 spiro atoms. The summed E-state index contributed by atoms with van der Waals surface area (Å²) in [5, 5.41) is 1.23. The molecule has 1 aliphatic heterocycles. The van der Waals surface area contributed by atoms with Gasteiger partial charge in [0.15, 0.2) is 0 Å². The third-order valence-corrected chi connectivity index (χ3v) is 6.61. The molecule has 0 unspecified atom stereocenters. The van der Waals surface area contributed by atoms with Crippen LogP contribution in [0.2, 0.25) is 0 Å². The van der Waals surface area contributed by atoms with Crippen LogP contribution in [0.1, 0.15) is 65.7 Å².